The minimum Gasteiger partial charge on any atom is -0.507 e. The van der Waals surface area contributed by atoms with Crippen molar-refractivity contribution in [3.8, 4) is 23.0 Å². The van der Waals surface area contributed by atoms with Crippen molar-refractivity contribution in [2.75, 3.05) is 21.3 Å². The summed E-state index contributed by atoms with van der Waals surface area (Å²) in [5.74, 6) is 1.83. The van der Waals surface area contributed by atoms with Crippen molar-refractivity contribution in [3.63, 3.8) is 0 Å². The maximum Gasteiger partial charge on any atom is 0.172 e. The normalized spacial score (nSPS) is 10.4. The van der Waals surface area contributed by atoms with Gasteiger partial charge in [-0.25, -0.2) is 0 Å². The molecule has 2 aromatic carbocycles. The summed E-state index contributed by atoms with van der Waals surface area (Å²) >= 11 is 0. The zero-order valence-electron chi connectivity index (χ0n) is 10.9. The van der Waals surface area contributed by atoms with Gasteiger partial charge in [0.2, 0.25) is 0 Å². The van der Waals surface area contributed by atoms with Gasteiger partial charge in [-0.1, -0.05) is 0 Å². The van der Waals surface area contributed by atoms with Gasteiger partial charge in [0.05, 0.1) is 26.7 Å². The zero-order chi connectivity index (χ0) is 13.3. The van der Waals surface area contributed by atoms with Gasteiger partial charge >= 0.3 is 0 Å². The third-order valence-corrected chi connectivity index (χ3v) is 2.88. The van der Waals surface area contributed by atoms with Crippen molar-refractivity contribution < 1.29 is 19.3 Å². The Kier molecular flexibility index (Phi) is 3.19. The van der Waals surface area contributed by atoms with Crippen LogP contribution < -0.4 is 14.2 Å². The smallest absolute Gasteiger partial charge is 0.172 e. The molecule has 0 fully saturated rings. The topological polar surface area (TPSA) is 47.9 Å². The molecule has 0 saturated carbocycles. The molecule has 0 unspecified atom stereocenters. The van der Waals surface area contributed by atoms with Gasteiger partial charge in [-0.05, 0) is 24.6 Å². The summed E-state index contributed by atoms with van der Waals surface area (Å²) in [7, 11) is 4.68. The Morgan fingerprint density at radius 3 is 2.11 bits per heavy atom. The second-order valence-electron chi connectivity index (χ2n) is 4.02. The summed E-state index contributed by atoms with van der Waals surface area (Å²) in [5.41, 5.74) is 0.950. The SMILES string of the molecule is COc1cc(OC)c2cc(C)cc(O)c2c1OC. The second-order valence-corrected chi connectivity index (χ2v) is 4.02. The van der Waals surface area contributed by atoms with Crippen molar-refractivity contribution in [1.82, 2.24) is 0 Å². The first-order valence-electron chi connectivity index (χ1n) is 5.54. The van der Waals surface area contributed by atoms with E-state index in [2.05, 4.69) is 0 Å². The molecule has 2 rings (SSSR count). The fourth-order valence-corrected chi connectivity index (χ4v) is 2.11. The summed E-state index contributed by atoms with van der Waals surface area (Å²) in [6.45, 7) is 1.91. The second kappa shape index (κ2) is 4.64. The van der Waals surface area contributed by atoms with Crippen LogP contribution in [0.15, 0.2) is 18.2 Å². The van der Waals surface area contributed by atoms with Crippen molar-refractivity contribution in [1.29, 1.82) is 0 Å². The first kappa shape index (κ1) is 12.4. The molecule has 0 atom stereocenters. The number of phenols is 1. The molecule has 2 aromatic rings. The lowest BCUT2D eigenvalue weighted by Gasteiger charge is -2.15. The van der Waals surface area contributed by atoms with E-state index in [1.807, 2.05) is 13.0 Å². The van der Waals surface area contributed by atoms with Gasteiger partial charge in [0, 0.05) is 11.5 Å². The molecule has 0 aliphatic heterocycles. The van der Waals surface area contributed by atoms with Crippen LogP contribution in [0.4, 0.5) is 0 Å². The average molecular weight is 248 g/mol. The van der Waals surface area contributed by atoms with Crippen molar-refractivity contribution in [2.45, 2.75) is 6.92 Å². The molecule has 0 radical (unpaired) electrons. The van der Waals surface area contributed by atoms with Crippen molar-refractivity contribution in [3.05, 3.63) is 23.8 Å². The molecule has 0 aromatic heterocycles. The quantitative estimate of drug-likeness (QED) is 0.907. The van der Waals surface area contributed by atoms with Gasteiger partial charge in [-0.2, -0.15) is 0 Å². The van der Waals surface area contributed by atoms with E-state index in [0.29, 0.717) is 22.6 Å². The summed E-state index contributed by atoms with van der Waals surface area (Å²) in [6, 6.07) is 5.37. The summed E-state index contributed by atoms with van der Waals surface area (Å²) in [6.07, 6.45) is 0. The highest BCUT2D eigenvalue weighted by Gasteiger charge is 2.17. The lowest BCUT2D eigenvalue weighted by molar-refractivity contribution is 0.352. The monoisotopic (exact) mass is 248 g/mol. The predicted octanol–water partition coefficient (Wildman–Crippen LogP) is 2.88. The maximum absolute atomic E-state index is 10.1. The predicted molar refractivity (Wildman–Crippen MR) is 70.0 cm³/mol. The molecule has 96 valence electrons. The molecule has 0 aliphatic rings. The standard InChI is InChI=1S/C14H16O4/c1-8-5-9-11(16-2)7-12(17-3)14(18-4)13(9)10(15)6-8/h5-7,15H,1-4H3. The number of hydrogen-bond acceptors (Lipinski definition) is 4. The van der Waals surface area contributed by atoms with Gasteiger partial charge < -0.3 is 19.3 Å². The Morgan fingerprint density at radius 1 is 0.889 bits per heavy atom. The Morgan fingerprint density at radius 2 is 1.56 bits per heavy atom. The Bertz CT molecular complexity index is 590. The molecule has 4 nitrogen and oxygen atoms in total. The average Bonchev–Trinajstić information content (AvgIpc) is 2.36. The number of ether oxygens (including phenoxy) is 3. The minimum atomic E-state index is 0.152. The van der Waals surface area contributed by atoms with Crippen LogP contribution in [0.25, 0.3) is 10.8 Å². The zero-order valence-corrected chi connectivity index (χ0v) is 10.9. The lowest BCUT2D eigenvalue weighted by Crippen LogP contribution is -1.95. The molecule has 0 saturated heterocycles. The molecule has 0 heterocycles. The van der Waals surface area contributed by atoms with Gasteiger partial charge in [-0.3, -0.25) is 0 Å². The van der Waals surface area contributed by atoms with Crippen LogP contribution >= 0.6 is 0 Å². The number of hydrogen-bond donors (Lipinski definition) is 1. The molecular formula is C14H16O4. The third kappa shape index (κ3) is 1.79. The minimum absolute atomic E-state index is 0.152. The molecule has 18 heavy (non-hydrogen) atoms. The van der Waals surface area contributed by atoms with Gasteiger partial charge in [0.25, 0.3) is 0 Å². The fourth-order valence-electron chi connectivity index (χ4n) is 2.11. The molecule has 0 bridgehead atoms. The molecular weight excluding hydrogens is 232 g/mol. The fraction of sp³-hybridized carbons (Fsp3) is 0.286. The summed E-state index contributed by atoms with van der Waals surface area (Å²) < 4.78 is 15.9. The Labute approximate surface area is 106 Å². The Balaban J connectivity index is 2.95. The number of phenolic OH excluding ortho intramolecular Hbond substituents is 1. The molecule has 0 amide bonds. The van der Waals surface area contributed by atoms with Crippen molar-refractivity contribution >= 4 is 10.8 Å². The number of methoxy groups -OCH3 is 3. The van der Waals surface area contributed by atoms with E-state index in [-0.39, 0.29) is 5.75 Å². The number of fused-ring (bicyclic) bond motifs is 1. The highest BCUT2D eigenvalue weighted by atomic mass is 16.5. The highest BCUT2D eigenvalue weighted by molar-refractivity contribution is 6.00. The van der Waals surface area contributed by atoms with Crippen molar-refractivity contribution in [2.24, 2.45) is 0 Å². The first-order chi connectivity index (χ1) is 8.62. The highest BCUT2D eigenvalue weighted by Crippen LogP contribution is 2.45. The van der Waals surface area contributed by atoms with Crippen LogP contribution in [0, 0.1) is 6.92 Å². The van der Waals surface area contributed by atoms with E-state index in [1.54, 1.807) is 33.5 Å². The summed E-state index contributed by atoms with van der Waals surface area (Å²) in [4.78, 5) is 0. The van der Waals surface area contributed by atoms with E-state index in [9.17, 15) is 5.11 Å². The van der Waals surface area contributed by atoms with Crippen LogP contribution in [-0.4, -0.2) is 26.4 Å². The van der Waals surface area contributed by atoms with Crippen LogP contribution in [0.2, 0.25) is 0 Å². The summed E-state index contributed by atoms with van der Waals surface area (Å²) in [5, 5.41) is 11.5. The maximum atomic E-state index is 10.1. The lowest BCUT2D eigenvalue weighted by atomic mass is 10.0. The van der Waals surface area contributed by atoms with E-state index in [0.717, 1.165) is 10.9 Å². The molecule has 0 spiro atoms. The van der Waals surface area contributed by atoms with Gasteiger partial charge in [0.1, 0.15) is 11.5 Å². The third-order valence-electron chi connectivity index (χ3n) is 2.88. The van der Waals surface area contributed by atoms with E-state index in [4.69, 9.17) is 14.2 Å². The van der Waals surface area contributed by atoms with Crippen LogP contribution in [-0.2, 0) is 0 Å². The van der Waals surface area contributed by atoms with Gasteiger partial charge in [0.15, 0.2) is 11.5 Å². The van der Waals surface area contributed by atoms with Crippen LogP contribution in [0.3, 0.4) is 0 Å². The van der Waals surface area contributed by atoms with Crippen LogP contribution in [0.5, 0.6) is 23.0 Å². The largest absolute Gasteiger partial charge is 0.507 e. The number of benzene rings is 2. The van der Waals surface area contributed by atoms with E-state index < -0.39 is 0 Å². The molecule has 0 aliphatic carbocycles. The van der Waals surface area contributed by atoms with E-state index >= 15 is 0 Å². The number of aromatic hydroxyl groups is 1. The number of rotatable bonds is 3. The van der Waals surface area contributed by atoms with Gasteiger partial charge in [-0.15, -0.1) is 0 Å². The van der Waals surface area contributed by atoms with E-state index in [1.165, 1.54) is 0 Å². The molecule has 1 N–H and O–H groups in total. The van der Waals surface area contributed by atoms with Crippen LogP contribution in [0.1, 0.15) is 5.56 Å². The Hall–Kier alpha value is -2.10. The molecule has 4 heteroatoms. The first-order valence-corrected chi connectivity index (χ1v) is 5.54. The number of aryl methyl sites for hydroxylation is 1.